The van der Waals surface area contributed by atoms with Gasteiger partial charge in [-0.1, -0.05) is 13.0 Å². The van der Waals surface area contributed by atoms with E-state index < -0.39 is 15.1 Å². The first-order chi connectivity index (χ1) is 12.5. The highest BCUT2D eigenvalue weighted by Crippen LogP contribution is 2.38. The van der Waals surface area contributed by atoms with Crippen molar-refractivity contribution >= 4 is 27.2 Å². The summed E-state index contributed by atoms with van der Waals surface area (Å²) in [5, 5.41) is 6.27. The minimum atomic E-state index is -3.73. The number of hydrogen-bond donors (Lipinski definition) is 2. The van der Waals surface area contributed by atoms with Gasteiger partial charge in [0, 0.05) is 24.0 Å². The van der Waals surface area contributed by atoms with E-state index >= 15 is 0 Å². The molecule has 1 atom stereocenters. The molecule has 9 heteroatoms. The first-order valence-electron chi connectivity index (χ1n) is 8.21. The number of ether oxygens (including phenoxy) is 2. The standard InChI is InChI=1S/C17H20N2O5S2/c1-2-7-18-17(20)19-10-16(15-4-3-8-25-15)26(21,22)12-5-6-13-14(9-12)24-11-23-13/h3-6,8-9,16H,2,7,10-11H2,1H3,(H2,18,19,20)/t16-/m0/s1. The molecular weight excluding hydrogens is 376 g/mol. The second-order valence-electron chi connectivity index (χ2n) is 5.70. The van der Waals surface area contributed by atoms with Gasteiger partial charge in [-0.15, -0.1) is 11.3 Å². The van der Waals surface area contributed by atoms with Crippen LogP contribution in [0.25, 0.3) is 0 Å². The first kappa shape index (κ1) is 18.5. The molecule has 0 bridgehead atoms. The van der Waals surface area contributed by atoms with Crippen molar-refractivity contribution in [3.63, 3.8) is 0 Å². The molecule has 1 aliphatic rings. The Hall–Kier alpha value is -2.26. The fourth-order valence-corrected chi connectivity index (χ4v) is 5.34. The molecule has 3 rings (SSSR count). The summed E-state index contributed by atoms with van der Waals surface area (Å²) in [4.78, 5) is 12.6. The number of hydrogen-bond acceptors (Lipinski definition) is 6. The molecule has 1 aromatic heterocycles. The van der Waals surface area contributed by atoms with E-state index in [-0.39, 0.29) is 24.3 Å². The lowest BCUT2D eigenvalue weighted by Gasteiger charge is -2.18. The molecule has 2 N–H and O–H groups in total. The van der Waals surface area contributed by atoms with Crippen molar-refractivity contribution in [3.05, 3.63) is 40.6 Å². The maximum absolute atomic E-state index is 13.2. The second-order valence-corrected chi connectivity index (χ2v) is 8.81. The number of benzene rings is 1. The number of rotatable bonds is 7. The third kappa shape index (κ3) is 3.94. The number of thiophene rings is 1. The van der Waals surface area contributed by atoms with Gasteiger partial charge in [-0.2, -0.15) is 0 Å². The van der Waals surface area contributed by atoms with Crippen LogP contribution in [0.5, 0.6) is 11.5 Å². The third-order valence-corrected chi connectivity index (χ3v) is 7.11. The molecule has 1 aliphatic heterocycles. The summed E-state index contributed by atoms with van der Waals surface area (Å²) in [6.45, 7) is 2.53. The second kappa shape index (κ2) is 7.96. The molecule has 0 spiro atoms. The van der Waals surface area contributed by atoms with Crippen LogP contribution in [0.4, 0.5) is 4.79 Å². The Morgan fingerprint density at radius 2 is 2.04 bits per heavy atom. The van der Waals surface area contributed by atoms with Crippen molar-refractivity contribution in [3.8, 4) is 11.5 Å². The van der Waals surface area contributed by atoms with Crippen LogP contribution in [0.2, 0.25) is 0 Å². The molecule has 7 nitrogen and oxygen atoms in total. The molecule has 2 amide bonds. The van der Waals surface area contributed by atoms with Crippen molar-refractivity contribution < 1.29 is 22.7 Å². The fraction of sp³-hybridized carbons (Fsp3) is 0.353. The summed E-state index contributed by atoms with van der Waals surface area (Å²) in [5.41, 5.74) is 0. The van der Waals surface area contributed by atoms with E-state index in [1.807, 2.05) is 12.3 Å². The Balaban J connectivity index is 1.85. The largest absolute Gasteiger partial charge is 0.454 e. The molecule has 2 heterocycles. The zero-order valence-corrected chi connectivity index (χ0v) is 15.9. The van der Waals surface area contributed by atoms with Gasteiger partial charge in [0.15, 0.2) is 21.3 Å². The molecule has 1 aromatic carbocycles. The number of fused-ring (bicyclic) bond motifs is 1. The summed E-state index contributed by atoms with van der Waals surface area (Å²) >= 11 is 1.34. The van der Waals surface area contributed by atoms with Gasteiger partial charge in [0.2, 0.25) is 6.79 Å². The first-order valence-corrected chi connectivity index (χ1v) is 10.6. The zero-order valence-electron chi connectivity index (χ0n) is 14.2. The van der Waals surface area contributed by atoms with E-state index in [4.69, 9.17) is 9.47 Å². The van der Waals surface area contributed by atoms with Gasteiger partial charge in [0.25, 0.3) is 0 Å². The predicted octanol–water partition coefficient (Wildman–Crippen LogP) is 2.70. The zero-order chi connectivity index (χ0) is 18.6. The van der Waals surface area contributed by atoms with Crippen molar-refractivity contribution in [2.75, 3.05) is 19.9 Å². The van der Waals surface area contributed by atoms with Crippen LogP contribution in [0.15, 0.2) is 40.6 Å². The van der Waals surface area contributed by atoms with Gasteiger partial charge in [-0.25, -0.2) is 13.2 Å². The Labute approximate surface area is 156 Å². The van der Waals surface area contributed by atoms with Gasteiger partial charge >= 0.3 is 6.03 Å². The summed E-state index contributed by atoms with van der Waals surface area (Å²) in [7, 11) is -3.73. The van der Waals surface area contributed by atoms with E-state index in [0.717, 1.165) is 6.42 Å². The minimum absolute atomic E-state index is 0.0210. The van der Waals surface area contributed by atoms with Crippen LogP contribution in [0, 0.1) is 0 Å². The fourth-order valence-electron chi connectivity index (χ4n) is 2.54. The van der Waals surface area contributed by atoms with Crippen LogP contribution >= 0.6 is 11.3 Å². The smallest absolute Gasteiger partial charge is 0.314 e. The Kier molecular flexibility index (Phi) is 5.67. The van der Waals surface area contributed by atoms with Gasteiger partial charge in [-0.3, -0.25) is 0 Å². The maximum atomic E-state index is 13.2. The van der Waals surface area contributed by atoms with Gasteiger partial charge in [-0.05, 0) is 30.0 Å². The maximum Gasteiger partial charge on any atom is 0.314 e. The van der Waals surface area contributed by atoms with E-state index in [0.29, 0.717) is 22.9 Å². The Morgan fingerprint density at radius 1 is 1.23 bits per heavy atom. The lowest BCUT2D eigenvalue weighted by molar-refractivity contribution is 0.174. The predicted molar refractivity (Wildman–Crippen MR) is 98.5 cm³/mol. The number of urea groups is 1. The topological polar surface area (TPSA) is 93.7 Å². The van der Waals surface area contributed by atoms with Crippen LogP contribution in [0.1, 0.15) is 23.5 Å². The summed E-state index contributed by atoms with van der Waals surface area (Å²) < 4.78 is 36.9. The number of carbonyl (C=O) groups is 1. The van der Waals surface area contributed by atoms with Crippen LogP contribution in [-0.2, 0) is 9.84 Å². The van der Waals surface area contributed by atoms with Crippen molar-refractivity contribution in [1.29, 1.82) is 0 Å². The van der Waals surface area contributed by atoms with Crippen LogP contribution in [0.3, 0.4) is 0 Å². The van der Waals surface area contributed by atoms with Crippen molar-refractivity contribution in [2.24, 2.45) is 0 Å². The normalized spacial score (nSPS) is 14.0. The summed E-state index contributed by atoms with van der Waals surface area (Å²) in [6.07, 6.45) is 0.803. The number of sulfone groups is 1. The van der Waals surface area contributed by atoms with E-state index in [1.54, 1.807) is 18.2 Å². The molecule has 0 aliphatic carbocycles. The van der Waals surface area contributed by atoms with Gasteiger partial charge < -0.3 is 20.1 Å². The van der Waals surface area contributed by atoms with Gasteiger partial charge in [0.1, 0.15) is 5.25 Å². The highest BCUT2D eigenvalue weighted by atomic mass is 32.2. The van der Waals surface area contributed by atoms with Crippen molar-refractivity contribution in [2.45, 2.75) is 23.5 Å². The molecule has 0 fully saturated rings. The highest BCUT2D eigenvalue weighted by Gasteiger charge is 2.31. The van der Waals surface area contributed by atoms with E-state index in [2.05, 4.69) is 10.6 Å². The number of amides is 2. The summed E-state index contributed by atoms with van der Waals surface area (Å²) in [5.74, 6) is 0.929. The van der Waals surface area contributed by atoms with Crippen LogP contribution in [-0.4, -0.2) is 34.3 Å². The molecule has 2 aromatic rings. The molecule has 140 valence electrons. The molecule has 26 heavy (non-hydrogen) atoms. The number of carbonyl (C=O) groups excluding carboxylic acids is 1. The highest BCUT2D eigenvalue weighted by molar-refractivity contribution is 7.91. The lowest BCUT2D eigenvalue weighted by Crippen LogP contribution is -2.39. The average Bonchev–Trinajstić information content (AvgIpc) is 3.30. The van der Waals surface area contributed by atoms with Crippen LogP contribution < -0.4 is 20.1 Å². The van der Waals surface area contributed by atoms with E-state index in [9.17, 15) is 13.2 Å². The lowest BCUT2D eigenvalue weighted by atomic mass is 10.3. The van der Waals surface area contributed by atoms with Crippen molar-refractivity contribution in [1.82, 2.24) is 10.6 Å². The minimum Gasteiger partial charge on any atom is -0.454 e. The SMILES string of the molecule is CCCNC(=O)NC[C@@H](c1cccs1)S(=O)(=O)c1ccc2c(c1)OCO2. The molecule has 0 saturated carbocycles. The Bertz CT molecular complexity index is 865. The molecule has 0 saturated heterocycles. The Morgan fingerprint density at radius 3 is 2.77 bits per heavy atom. The monoisotopic (exact) mass is 396 g/mol. The average molecular weight is 396 g/mol. The van der Waals surface area contributed by atoms with Gasteiger partial charge in [0.05, 0.1) is 4.90 Å². The molecule has 0 radical (unpaired) electrons. The quantitative estimate of drug-likeness (QED) is 0.751. The molecule has 0 unspecified atom stereocenters. The third-order valence-electron chi connectivity index (χ3n) is 3.89. The van der Waals surface area contributed by atoms with E-state index in [1.165, 1.54) is 23.5 Å². The summed E-state index contributed by atoms with van der Waals surface area (Å²) in [6, 6.07) is 7.72. The number of nitrogens with one attached hydrogen (secondary N) is 2. The molecular formula is C17H20N2O5S2.